The Hall–Kier alpha value is -3.35. The number of aromatic nitrogens is 2. The fourth-order valence-electron chi connectivity index (χ4n) is 2.55. The number of rotatable bonds is 4. The van der Waals surface area contributed by atoms with Crippen LogP contribution in [0.5, 0.6) is 0 Å². The highest BCUT2D eigenvalue weighted by atomic mass is 19.1. The Balaban J connectivity index is 1.89. The molecule has 1 amide bonds. The molecule has 0 spiro atoms. The van der Waals surface area contributed by atoms with Crippen molar-refractivity contribution in [1.29, 1.82) is 0 Å². The van der Waals surface area contributed by atoms with E-state index in [1.165, 1.54) is 12.1 Å². The van der Waals surface area contributed by atoms with Crippen LogP contribution in [-0.2, 0) is 0 Å². The second kappa shape index (κ2) is 7.49. The number of anilines is 3. The number of carbonyl (C=O) groups is 1. The van der Waals surface area contributed by atoms with Gasteiger partial charge in [0.15, 0.2) is 0 Å². The summed E-state index contributed by atoms with van der Waals surface area (Å²) in [5.74, 6) is -1.54. The molecule has 138 valence electrons. The van der Waals surface area contributed by atoms with Crippen molar-refractivity contribution in [2.24, 2.45) is 0 Å². The summed E-state index contributed by atoms with van der Waals surface area (Å²) >= 11 is 0. The average Bonchev–Trinajstić information content (AvgIpc) is 2.61. The minimum absolute atomic E-state index is 0.0858. The molecule has 0 aliphatic heterocycles. The smallest absolute Gasteiger partial charge is 0.274 e. The van der Waals surface area contributed by atoms with E-state index in [1.807, 2.05) is 32.0 Å². The standard InChI is InChI=1S/C20H18F2N4O/c1-11-7-8-12(2)16(9-11)25-20(27)17-10-18(24-13(3)23-17)26-19-14(21)5-4-6-15(19)22/h4-10H,1-3H3,(H,25,27)(H,23,24,26). The Morgan fingerprint density at radius 1 is 0.963 bits per heavy atom. The molecule has 1 aromatic heterocycles. The van der Waals surface area contributed by atoms with Crippen LogP contribution < -0.4 is 10.6 Å². The third-order valence-corrected chi connectivity index (χ3v) is 3.93. The Bertz CT molecular complexity index is 1000. The summed E-state index contributed by atoms with van der Waals surface area (Å²) in [6, 6.07) is 10.6. The van der Waals surface area contributed by atoms with E-state index in [2.05, 4.69) is 20.6 Å². The van der Waals surface area contributed by atoms with Gasteiger partial charge in [-0.3, -0.25) is 4.79 Å². The first kappa shape index (κ1) is 18.4. The van der Waals surface area contributed by atoms with Crippen molar-refractivity contribution in [3.63, 3.8) is 0 Å². The lowest BCUT2D eigenvalue weighted by molar-refractivity contribution is 0.102. The minimum atomic E-state index is -0.757. The van der Waals surface area contributed by atoms with Gasteiger partial charge in [0, 0.05) is 11.8 Å². The molecule has 2 aromatic carbocycles. The zero-order chi connectivity index (χ0) is 19.6. The number of nitrogens with one attached hydrogen (secondary N) is 2. The Morgan fingerprint density at radius 2 is 1.67 bits per heavy atom. The van der Waals surface area contributed by atoms with E-state index in [-0.39, 0.29) is 17.2 Å². The molecule has 0 bridgehead atoms. The number of benzene rings is 2. The monoisotopic (exact) mass is 368 g/mol. The van der Waals surface area contributed by atoms with Crippen molar-refractivity contribution < 1.29 is 13.6 Å². The van der Waals surface area contributed by atoms with Crippen LogP contribution in [0.1, 0.15) is 27.4 Å². The lowest BCUT2D eigenvalue weighted by atomic mass is 10.1. The molecule has 2 N–H and O–H groups in total. The predicted octanol–water partition coefficient (Wildman–Crippen LogP) is 4.68. The van der Waals surface area contributed by atoms with Crippen molar-refractivity contribution >= 4 is 23.1 Å². The Kier molecular flexibility index (Phi) is 5.12. The fraction of sp³-hybridized carbons (Fsp3) is 0.150. The largest absolute Gasteiger partial charge is 0.335 e. The van der Waals surface area contributed by atoms with Crippen LogP contribution in [0.3, 0.4) is 0 Å². The summed E-state index contributed by atoms with van der Waals surface area (Å²) < 4.78 is 27.7. The highest BCUT2D eigenvalue weighted by Gasteiger charge is 2.14. The molecule has 7 heteroatoms. The Morgan fingerprint density at radius 3 is 2.37 bits per heavy atom. The number of hydrogen-bond donors (Lipinski definition) is 2. The normalized spacial score (nSPS) is 10.6. The zero-order valence-corrected chi connectivity index (χ0v) is 15.1. The number of halogens is 2. The number of carbonyl (C=O) groups excluding carboxylic acids is 1. The number of hydrogen-bond acceptors (Lipinski definition) is 4. The number of aryl methyl sites for hydroxylation is 3. The summed E-state index contributed by atoms with van der Waals surface area (Å²) in [5.41, 5.74) is 2.34. The Labute approximate surface area is 155 Å². The lowest BCUT2D eigenvalue weighted by Crippen LogP contribution is -2.16. The van der Waals surface area contributed by atoms with E-state index < -0.39 is 17.5 Å². The van der Waals surface area contributed by atoms with Crippen LogP contribution in [0, 0.1) is 32.4 Å². The molecule has 5 nitrogen and oxygen atoms in total. The number of amides is 1. The van der Waals surface area contributed by atoms with Crippen molar-refractivity contribution in [2.45, 2.75) is 20.8 Å². The fourth-order valence-corrected chi connectivity index (χ4v) is 2.55. The SMILES string of the molecule is Cc1ccc(C)c(NC(=O)c2cc(Nc3c(F)cccc3F)nc(C)n2)c1. The highest BCUT2D eigenvalue weighted by molar-refractivity contribution is 6.03. The third kappa shape index (κ3) is 4.25. The highest BCUT2D eigenvalue weighted by Crippen LogP contribution is 2.23. The molecule has 0 aliphatic rings. The van der Waals surface area contributed by atoms with Crippen molar-refractivity contribution in [2.75, 3.05) is 10.6 Å². The van der Waals surface area contributed by atoms with Crippen LogP contribution in [-0.4, -0.2) is 15.9 Å². The number of nitrogens with zero attached hydrogens (tertiary/aromatic N) is 2. The minimum Gasteiger partial charge on any atom is -0.335 e. The van der Waals surface area contributed by atoms with Gasteiger partial charge < -0.3 is 10.6 Å². The molecular weight excluding hydrogens is 350 g/mol. The number of para-hydroxylation sites is 1. The van der Waals surface area contributed by atoms with Gasteiger partial charge in [0.2, 0.25) is 0 Å². The summed E-state index contributed by atoms with van der Waals surface area (Å²) in [4.78, 5) is 20.8. The molecule has 3 rings (SSSR count). The van der Waals surface area contributed by atoms with E-state index in [1.54, 1.807) is 6.92 Å². The quantitative estimate of drug-likeness (QED) is 0.702. The maximum absolute atomic E-state index is 13.8. The second-order valence-electron chi connectivity index (χ2n) is 6.18. The summed E-state index contributed by atoms with van der Waals surface area (Å²) in [6.07, 6.45) is 0. The first-order chi connectivity index (χ1) is 12.8. The molecule has 0 saturated carbocycles. The van der Waals surface area contributed by atoms with Gasteiger partial charge in [-0.05, 0) is 50.1 Å². The van der Waals surface area contributed by atoms with E-state index in [4.69, 9.17) is 0 Å². The molecule has 0 saturated heterocycles. The zero-order valence-electron chi connectivity index (χ0n) is 15.1. The van der Waals surface area contributed by atoms with Crippen molar-refractivity contribution in [1.82, 2.24) is 9.97 Å². The maximum atomic E-state index is 13.8. The molecule has 0 unspecified atom stereocenters. The summed E-state index contributed by atoms with van der Waals surface area (Å²) in [7, 11) is 0. The van der Waals surface area contributed by atoms with E-state index in [0.29, 0.717) is 11.5 Å². The first-order valence-electron chi connectivity index (χ1n) is 8.29. The molecule has 0 atom stereocenters. The molecule has 0 radical (unpaired) electrons. The maximum Gasteiger partial charge on any atom is 0.274 e. The van der Waals surface area contributed by atoms with E-state index in [0.717, 1.165) is 23.3 Å². The molecule has 3 aromatic rings. The van der Waals surface area contributed by atoms with Crippen molar-refractivity contribution in [3.05, 3.63) is 76.7 Å². The van der Waals surface area contributed by atoms with Gasteiger partial charge in [-0.1, -0.05) is 18.2 Å². The molecule has 1 heterocycles. The van der Waals surface area contributed by atoms with Crippen LogP contribution in [0.4, 0.5) is 26.0 Å². The predicted molar refractivity (Wildman–Crippen MR) is 100 cm³/mol. The van der Waals surface area contributed by atoms with Gasteiger partial charge in [0.25, 0.3) is 5.91 Å². The third-order valence-electron chi connectivity index (χ3n) is 3.93. The van der Waals surface area contributed by atoms with Crippen LogP contribution >= 0.6 is 0 Å². The summed E-state index contributed by atoms with van der Waals surface area (Å²) in [5, 5.41) is 5.38. The van der Waals surface area contributed by atoms with Crippen molar-refractivity contribution in [3.8, 4) is 0 Å². The van der Waals surface area contributed by atoms with Gasteiger partial charge in [-0.2, -0.15) is 0 Å². The molecule has 0 aliphatic carbocycles. The van der Waals surface area contributed by atoms with Gasteiger partial charge in [0.1, 0.15) is 34.7 Å². The average molecular weight is 368 g/mol. The van der Waals surface area contributed by atoms with Crippen LogP contribution in [0.15, 0.2) is 42.5 Å². The lowest BCUT2D eigenvalue weighted by Gasteiger charge is -2.12. The van der Waals surface area contributed by atoms with Crippen LogP contribution in [0.2, 0.25) is 0 Å². The van der Waals surface area contributed by atoms with Gasteiger partial charge in [-0.15, -0.1) is 0 Å². The summed E-state index contributed by atoms with van der Waals surface area (Å²) in [6.45, 7) is 5.40. The molecule has 0 fully saturated rings. The van der Waals surface area contributed by atoms with E-state index >= 15 is 0 Å². The van der Waals surface area contributed by atoms with Gasteiger partial charge in [-0.25, -0.2) is 18.7 Å². The van der Waals surface area contributed by atoms with Gasteiger partial charge in [0.05, 0.1) is 0 Å². The first-order valence-corrected chi connectivity index (χ1v) is 8.29. The second-order valence-corrected chi connectivity index (χ2v) is 6.18. The molecular formula is C20H18F2N4O. The van der Waals surface area contributed by atoms with Gasteiger partial charge >= 0.3 is 0 Å². The van der Waals surface area contributed by atoms with E-state index in [9.17, 15) is 13.6 Å². The molecule has 27 heavy (non-hydrogen) atoms. The van der Waals surface area contributed by atoms with Crippen LogP contribution in [0.25, 0.3) is 0 Å². The topological polar surface area (TPSA) is 66.9 Å².